The fourth-order valence-corrected chi connectivity index (χ4v) is 2.91. The molecule has 2 aliphatic heterocycles. The maximum atomic E-state index is 14.5. The molecule has 1 amide bonds. The summed E-state index contributed by atoms with van der Waals surface area (Å²) < 4.78 is 33.8. The molecule has 2 aliphatic rings. The van der Waals surface area contributed by atoms with Crippen molar-refractivity contribution in [2.45, 2.75) is 12.5 Å². The van der Waals surface area contributed by atoms with E-state index in [1.807, 2.05) is 13.1 Å². The van der Waals surface area contributed by atoms with Crippen LogP contribution in [0.5, 0.6) is 0 Å². The molecule has 1 aromatic carbocycles. The zero-order chi connectivity index (χ0) is 16.6. The SMILES string of the molecule is CN1CC=C(c2c(F)cc(N3C(=O)OC[C@H]3CO)cc2F)CC1. The Bertz CT molecular complexity index is 640. The number of likely N-dealkylation sites (N-methyl/N-ethyl adjacent to an activating group) is 1. The highest BCUT2D eigenvalue weighted by atomic mass is 19.1. The molecular formula is C16H18F2N2O3. The Balaban J connectivity index is 1.96. The molecule has 0 bridgehead atoms. The van der Waals surface area contributed by atoms with Gasteiger partial charge in [-0.3, -0.25) is 4.90 Å². The van der Waals surface area contributed by atoms with Crippen molar-refractivity contribution < 1.29 is 23.4 Å². The number of benzene rings is 1. The van der Waals surface area contributed by atoms with Crippen LogP contribution >= 0.6 is 0 Å². The predicted octanol–water partition coefficient (Wildman–Crippen LogP) is 2.00. The van der Waals surface area contributed by atoms with E-state index in [4.69, 9.17) is 4.74 Å². The summed E-state index contributed by atoms with van der Waals surface area (Å²) in [6.07, 6.45) is 1.66. The van der Waals surface area contributed by atoms with E-state index in [9.17, 15) is 18.7 Å². The van der Waals surface area contributed by atoms with Crippen LogP contribution in [-0.2, 0) is 4.74 Å². The van der Waals surface area contributed by atoms with Crippen molar-refractivity contribution >= 4 is 17.4 Å². The lowest BCUT2D eigenvalue weighted by atomic mass is 9.98. The number of hydrogen-bond acceptors (Lipinski definition) is 4. The molecule has 1 saturated heterocycles. The lowest BCUT2D eigenvalue weighted by Crippen LogP contribution is -2.36. The monoisotopic (exact) mass is 324 g/mol. The number of rotatable bonds is 3. The van der Waals surface area contributed by atoms with Crippen molar-refractivity contribution in [1.82, 2.24) is 4.90 Å². The van der Waals surface area contributed by atoms with Crippen molar-refractivity contribution in [2.75, 3.05) is 38.3 Å². The third-order valence-electron chi connectivity index (χ3n) is 4.21. The van der Waals surface area contributed by atoms with Crippen LogP contribution in [0, 0.1) is 11.6 Å². The van der Waals surface area contributed by atoms with E-state index < -0.39 is 23.8 Å². The number of anilines is 1. The molecule has 0 spiro atoms. The highest BCUT2D eigenvalue weighted by Gasteiger charge is 2.35. The van der Waals surface area contributed by atoms with E-state index >= 15 is 0 Å². The third-order valence-corrected chi connectivity index (χ3v) is 4.21. The smallest absolute Gasteiger partial charge is 0.414 e. The van der Waals surface area contributed by atoms with E-state index in [2.05, 4.69) is 4.90 Å². The van der Waals surface area contributed by atoms with Crippen LogP contribution in [0.3, 0.4) is 0 Å². The first kappa shape index (κ1) is 15.9. The van der Waals surface area contributed by atoms with Gasteiger partial charge in [-0.05, 0) is 31.2 Å². The second-order valence-electron chi connectivity index (χ2n) is 5.81. The fourth-order valence-electron chi connectivity index (χ4n) is 2.91. The predicted molar refractivity (Wildman–Crippen MR) is 81.1 cm³/mol. The van der Waals surface area contributed by atoms with Crippen LogP contribution in [0.15, 0.2) is 18.2 Å². The molecule has 2 heterocycles. The average molecular weight is 324 g/mol. The molecule has 7 heteroatoms. The fraction of sp³-hybridized carbons (Fsp3) is 0.438. The summed E-state index contributed by atoms with van der Waals surface area (Å²) in [7, 11) is 1.94. The molecule has 124 valence electrons. The normalized spacial score (nSPS) is 22.3. The number of ether oxygens (including phenoxy) is 1. The van der Waals surface area contributed by atoms with Gasteiger partial charge in [-0.15, -0.1) is 0 Å². The van der Waals surface area contributed by atoms with Gasteiger partial charge in [0.15, 0.2) is 0 Å². The number of nitrogens with zero attached hydrogens (tertiary/aromatic N) is 2. The molecule has 0 radical (unpaired) electrons. The number of aliphatic hydroxyl groups excluding tert-OH is 1. The van der Waals surface area contributed by atoms with Crippen molar-refractivity contribution in [3.8, 4) is 0 Å². The molecule has 1 aromatic rings. The summed E-state index contributed by atoms with van der Waals surface area (Å²) in [5, 5.41) is 9.26. The second-order valence-corrected chi connectivity index (χ2v) is 5.81. The van der Waals surface area contributed by atoms with Crippen LogP contribution in [-0.4, -0.2) is 55.5 Å². The molecule has 0 saturated carbocycles. The topological polar surface area (TPSA) is 53.0 Å². The van der Waals surface area contributed by atoms with Gasteiger partial charge in [-0.25, -0.2) is 13.6 Å². The largest absolute Gasteiger partial charge is 0.447 e. The number of aliphatic hydroxyl groups is 1. The Morgan fingerprint density at radius 2 is 2.04 bits per heavy atom. The standard InChI is InChI=1S/C16H18F2N2O3/c1-19-4-2-10(3-5-19)15-13(17)6-11(7-14(15)18)20-12(8-21)9-23-16(20)22/h2,6-7,12,21H,3-5,8-9H2,1H3/t12-/m1/s1. The van der Waals surface area contributed by atoms with Gasteiger partial charge in [0.05, 0.1) is 18.3 Å². The second kappa shape index (κ2) is 6.25. The Morgan fingerprint density at radius 1 is 1.35 bits per heavy atom. The number of cyclic esters (lactones) is 1. The van der Waals surface area contributed by atoms with Crippen LogP contribution in [0.1, 0.15) is 12.0 Å². The summed E-state index contributed by atoms with van der Waals surface area (Å²) in [5.41, 5.74) is 0.640. The minimum atomic E-state index is -0.716. The van der Waals surface area contributed by atoms with Gasteiger partial charge < -0.3 is 14.7 Å². The Kier molecular flexibility index (Phi) is 4.32. The van der Waals surface area contributed by atoms with Crippen LogP contribution < -0.4 is 4.90 Å². The van der Waals surface area contributed by atoms with E-state index in [1.54, 1.807) is 0 Å². The third kappa shape index (κ3) is 2.94. The molecule has 0 unspecified atom stereocenters. The number of amides is 1. The van der Waals surface area contributed by atoms with Crippen LogP contribution in [0.4, 0.5) is 19.3 Å². The van der Waals surface area contributed by atoms with Gasteiger partial charge in [0.25, 0.3) is 0 Å². The molecule has 5 nitrogen and oxygen atoms in total. The van der Waals surface area contributed by atoms with E-state index in [0.29, 0.717) is 18.5 Å². The average Bonchev–Trinajstić information content (AvgIpc) is 2.89. The van der Waals surface area contributed by atoms with Crippen LogP contribution in [0.25, 0.3) is 5.57 Å². The summed E-state index contributed by atoms with van der Waals surface area (Å²) in [4.78, 5) is 14.9. The van der Waals surface area contributed by atoms with Crippen molar-refractivity contribution in [3.05, 3.63) is 35.4 Å². The molecule has 0 aromatic heterocycles. The summed E-state index contributed by atoms with van der Waals surface area (Å²) in [6.45, 7) is 1.03. The zero-order valence-corrected chi connectivity index (χ0v) is 12.8. The van der Waals surface area contributed by atoms with Crippen molar-refractivity contribution in [3.63, 3.8) is 0 Å². The van der Waals surface area contributed by atoms with Gasteiger partial charge in [0.2, 0.25) is 0 Å². The van der Waals surface area contributed by atoms with E-state index in [-0.39, 0.29) is 24.5 Å². The molecule has 1 atom stereocenters. The first-order chi connectivity index (χ1) is 11.0. The molecule has 1 N–H and O–H groups in total. The Labute approximate surface area is 132 Å². The molecular weight excluding hydrogens is 306 g/mol. The summed E-state index contributed by atoms with van der Waals surface area (Å²) in [5.74, 6) is -1.43. The summed E-state index contributed by atoms with van der Waals surface area (Å²) in [6, 6.07) is 1.61. The maximum absolute atomic E-state index is 14.5. The van der Waals surface area contributed by atoms with Gasteiger partial charge in [0, 0.05) is 18.7 Å². The Hall–Kier alpha value is -1.99. The van der Waals surface area contributed by atoms with Crippen molar-refractivity contribution in [2.24, 2.45) is 0 Å². The van der Waals surface area contributed by atoms with E-state index in [0.717, 1.165) is 23.6 Å². The number of halogens is 2. The highest BCUT2D eigenvalue weighted by Crippen LogP contribution is 2.32. The number of hydrogen-bond donors (Lipinski definition) is 1. The van der Waals surface area contributed by atoms with Crippen LogP contribution in [0.2, 0.25) is 0 Å². The minimum absolute atomic E-state index is 0.00217. The van der Waals surface area contributed by atoms with Crippen molar-refractivity contribution in [1.29, 1.82) is 0 Å². The minimum Gasteiger partial charge on any atom is -0.447 e. The molecule has 23 heavy (non-hydrogen) atoms. The quantitative estimate of drug-likeness (QED) is 0.924. The van der Waals surface area contributed by atoms with Gasteiger partial charge in [-0.2, -0.15) is 0 Å². The lowest BCUT2D eigenvalue weighted by Gasteiger charge is -2.24. The Morgan fingerprint density at radius 3 is 2.61 bits per heavy atom. The summed E-state index contributed by atoms with van der Waals surface area (Å²) >= 11 is 0. The zero-order valence-electron chi connectivity index (χ0n) is 12.8. The van der Waals surface area contributed by atoms with Gasteiger partial charge in [0.1, 0.15) is 18.2 Å². The van der Waals surface area contributed by atoms with Gasteiger partial charge >= 0.3 is 6.09 Å². The maximum Gasteiger partial charge on any atom is 0.414 e. The highest BCUT2D eigenvalue weighted by molar-refractivity contribution is 5.90. The molecule has 1 fully saturated rings. The first-order valence-electron chi connectivity index (χ1n) is 7.45. The number of carbonyl (C=O) groups is 1. The first-order valence-corrected chi connectivity index (χ1v) is 7.45. The molecule has 3 rings (SSSR count). The van der Waals surface area contributed by atoms with Gasteiger partial charge in [-0.1, -0.05) is 6.08 Å². The lowest BCUT2D eigenvalue weighted by molar-refractivity contribution is 0.174. The van der Waals surface area contributed by atoms with E-state index in [1.165, 1.54) is 0 Å². The number of carbonyl (C=O) groups excluding carboxylic acids is 1. The molecule has 0 aliphatic carbocycles.